The molecule has 2 aliphatic heterocycles. The summed E-state index contributed by atoms with van der Waals surface area (Å²) in [6.07, 6.45) is -9.51. The lowest BCUT2D eigenvalue weighted by atomic mass is 9.77. The maximum absolute atomic E-state index is 13.4. The first-order valence-electron chi connectivity index (χ1n) is 12.4. The quantitative estimate of drug-likeness (QED) is 0.329. The number of amides is 2. The molecule has 17 heteroatoms. The van der Waals surface area contributed by atoms with E-state index in [2.05, 4.69) is 20.5 Å². The third-order valence-corrected chi connectivity index (χ3v) is 7.34. The normalized spacial score (nSPS) is 18.9. The fourth-order valence-corrected chi connectivity index (χ4v) is 5.44. The maximum atomic E-state index is 13.4. The second kappa shape index (κ2) is 11.2. The molecule has 1 aromatic heterocycles. The first-order chi connectivity index (χ1) is 18.9. The van der Waals surface area contributed by atoms with Gasteiger partial charge >= 0.3 is 12.5 Å². The van der Waals surface area contributed by atoms with Crippen LogP contribution in [0.3, 0.4) is 0 Å². The van der Waals surface area contributed by atoms with Crippen molar-refractivity contribution in [3.8, 4) is 5.75 Å². The van der Waals surface area contributed by atoms with E-state index in [-0.39, 0.29) is 55.9 Å². The summed E-state index contributed by atoms with van der Waals surface area (Å²) in [5, 5.41) is 9.61. The van der Waals surface area contributed by atoms with Crippen molar-refractivity contribution in [3.05, 3.63) is 40.6 Å². The van der Waals surface area contributed by atoms with E-state index in [1.807, 2.05) is 0 Å². The molecule has 0 fully saturated rings. The number of hydrogen-bond acceptors (Lipinski definition) is 7. The highest BCUT2D eigenvalue weighted by molar-refractivity contribution is 7.91. The highest BCUT2D eigenvalue weighted by Crippen LogP contribution is 2.43. The molecular weight excluding hydrogens is 586 g/mol. The van der Waals surface area contributed by atoms with E-state index in [0.717, 1.165) is 10.9 Å². The monoisotopic (exact) mass is 612 g/mol. The molecule has 2 aliphatic rings. The van der Waals surface area contributed by atoms with Gasteiger partial charge in [0, 0.05) is 37.6 Å². The van der Waals surface area contributed by atoms with Gasteiger partial charge < -0.3 is 15.4 Å². The first kappa shape index (κ1) is 30.6. The van der Waals surface area contributed by atoms with Gasteiger partial charge in [0.1, 0.15) is 22.9 Å². The number of anilines is 1. The van der Waals surface area contributed by atoms with Gasteiger partial charge in [-0.25, -0.2) is 13.1 Å². The smallest absolute Gasteiger partial charge is 0.493 e. The number of nitrogens with one attached hydrogen (secondary N) is 2. The summed E-state index contributed by atoms with van der Waals surface area (Å²) in [7, 11) is -3.75. The Morgan fingerprint density at radius 2 is 1.98 bits per heavy atom. The molecule has 0 bridgehead atoms. The van der Waals surface area contributed by atoms with Gasteiger partial charge in [0.25, 0.3) is 5.91 Å². The van der Waals surface area contributed by atoms with E-state index in [1.165, 1.54) is 12.1 Å². The van der Waals surface area contributed by atoms with E-state index in [9.17, 15) is 44.3 Å². The topological polar surface area (TPSA) is 129 Å². The standard InChI is InChI=1S/C24H26F6N4O6S/c1-41(37,38)13-18(35)31-20-19-16(33-34(20)8-2-9-40-24(28,29)30)12-22(32-21(19)36)7-10-39-17-11-14(3-4-15(17)22)5-6-23(25,26)27/h3-4,11H,2,5-10,12-13H2,1H3,(H,31,35)(H,32,36)/t22-/m1/s1. The molecule has 2 amide bonds. The number of ether oxygens (including phenoxy) is 2. The molecule has 2 aromatic rings. The third kappa shape index (κ3) is 7.69. The average Bonchev–Trinajstić information content (AvgIpc) is 3.15. The molecule has 10 nitrogen and oxygen atoms in total. The van der Waals surface area contributed by atoms with Crippen LogP contribution in [0.4, 0.5) is 32.2 Å². The van der Waals surface area contributed by atoms with Gasteiger partial charge in [-0.1, -0.05) is 12.1 Å². The maximum Gasteiger partial charge on any atom is 0.522 e. The minimum Gasteiger partial charge on any atom is -0.493 e. The SMILES string of the molecule is CS(=O)(=O)CC(=O)Nc1c2c(nn1CCCOC(F)(F)F)C[C@@]1(CCOc3cc(CCC(F)(F)F)ccc31)NC2=O. The van der Waals surface area contributed by atoms with Crippen molar-refractivity contribution in [2.45, 2.75) is 56.7 Å². The van der Waals surface area contributed by atoms with Crippen LogP contribution in [0.15, 0.2) is 18.2 Å². The van der Waals surface area contributed by atoms with Crippen molar-refractivity contribution < 1.29 is 53.8 Å². The Morgan fingerprint density at radius 1 is 1.24 bits per heavy atom. The Balaban J connectivity index is 1.64. The van der Waals surface area contributed by atoms with Crippen LogP contribution in [0.1, 0.15) is 46.4 Å². The van der Waals surface area contributed by atoms with Crippen molar-refractivity contribution in [3.63, 3.8) is 0 Å². The fraction of sp³-hybridized carbons (Fsp3) is 0.542. The molecule has 0 aliphatic carbocycles. The van der Waals surface area contributed by atoms with Crippen molar-refractivity contribution in [1.82, 2.24) is 15.1 Å². The second-order valence-corrected chi connectivity index (χ2v) is 12.1. The number of benzene rings is 1. The summed E-state index contributed by atoms with van der Waals surface area (Å²) >= 11 is 0. The molecule has 226 valence electrons. The minimum atomic E-state index is -4.86. The predicted molar refractivity (Wildman–Crippen MR) is 131 cm³/mol. The van der Waals surface area contributed by atoms with Gasteiger partial charge in [0.2, 0.25) is 5.91 Å². The van der Waals surface area contributed by atoms with Crippen molar-refractivity contribution >= 4 is 27.5 Å². The van der Waals surface area contributed by atoms with Crippen LogP contribution >= 0.6 is 0 Å². The number of halogens is 6. The van der Waals surface area contributed by atoms with Crippen LogP contribution < -0.4 is 15.4 Å². The van der Waals surface area contributed by atoms with Gasteiger partial charge in [-0.2, -0.15) is 18.3 Å². The van der Waals surface area contributed by atoms with Crippen molar-refractivity contribution in [1.29, 1.82) is 0 Å². The van der Waals surface area contributed by atoms with Crippen LogP contribution in [-0.4, -0.2) is 67.8 Å². The van der Waals surface area contributed by atoms with Crippen LogP contribution in [0.5, 0.6) is 5.75 Å². The summed E-state index contributed by atoms with van der Waals surface area (Å²) in [5.41, 5.74) is -0.0537. The van der Waals surface area contributed by atoms with Gasteiger partial charge in [-0.15, -0.1) is 13.2 Å². The zero-order valence-electron chi connectivity index (χ0n) is 21.6. The lowest BCUT2D eigenvalue weighted by molar-refractivity contribution is -0.324. The van der Waals surface area contributed by atoms with Crippen LogP contribution in [0.25, 0.3) is 0 Å². The summed E-state index contributed by atoms with van der Waals surface area (Å²) in [4.78, 5) is 25.9. The van der Waals surface area contributed by atoms with Gasteiger partial charge in [-0.3, -0.25) is 14.3 Å². The number of aryl methyl sites for hydroxylation is 2. The molecule has 0 saturated heterocycles. The zero-order chi connectivity index (χ0) is 30.2. The summed E-state index contributed by atoms with van der Waals surface area (Å²) in [6, 6.07) is 4.57. The number of carbonyl (C=O) groups is 2. The molecule has 0 radical (unpaired) electrons. The average molecular weight is 613 g/mol. The predicted octanol–water partition coefficient (Wildman–Crippen LogP) is 3.25. The van der Waals surface area contributed by atoms with E-state index in [4.69, 9.17) is 4.74 Å². The van der Waals surface area contributed by atoms with Crippen molar-refractivity contribution in [2.24, 2.45) is 0 Å². The molecule has 1 atom stereocenters. The number of nitrogens with zero attached hydrogens (tertiary/aromatic N) is 2. The van der Waals surface area contributed by atoms with Crippen LogP contribution in [-0.2, 0) is 44.3 Å². The third-order valence-electron chi connectivity index (χ3n) is 6.55. The van der Waals surface area contributed by atoms with E-state index in [1.54, 1.807) is 6.07 Å². The molecule has 1 aromatic carbocycles. The molecule has 0 unspecified atom stereocenters. The zero-order valence-corrected chi connectivity index (χ0v) is 22.4. The largest absolute Gasteiger partial charge is 0.522 e. The van der Waals surface area contributed by atoms with E-state index < -0.39 is 58.5 Å². The van der Waals surface area contributed by atoms with Gasteiger partial charge in [0.15, 0.2) is 9.84 Å². The number of sulfone groups is 1. The molecule has 0 saturated carbocycles. The molecule has 1 spiro atoms. The Labute approximate surface area is 230 Å². The highest BCUT2D eigenvalue weighted by Gasteiger charge is 2.46. The molecule has 4 rings (SSSR count). The van der Waals surface area contributed by atoms with Gasteiger partial charge in [0.05, 0.1) is 24.4 Å². The number of hydrogen-bond donors (Lipinski definition) is 2. The number of aromatic nitrogens is 2. The Hall–Kier alpha value is -3.34. The van der Waals surface area contributed by atoms with E-state index >= 15 is 0 Å². The molecular formula is C24H26F6N4O6S. The number of carbonyl (C=O) groups excluding carboxylic acids is 2. The van der Waals surface area contributed by atoms with Gasteiger partial charge in [-0.05, 0) is 24.5 Å². The van der Waals surface area contributed by atoms with E-state index in [0.29, 0.717) is 16.9 Å². The summed E-state index contributed by atoms with van der Waals surface area (Å²) < 4.78 is 109. The Kier molecular flexibility index (Phi) is 8.33. The molecule has 2 N–H and O–H groups in total. The Bertz CT molecular complexity index is 1440. The summed E-state index contributed by atoms with van der Waals surface area (Å²) in [5.74, 6) is -2.45. The lowest BCUT2D eigenvalue weighted by Crippen LogP contribution is -2.53. The molecule has 3 heterocycles. The minimum absolute atomic E-state index is 0.0628. The number of rotatable bonds is 9. The van der Waals surface area contributed by atoms with Crippen molar-refractivity contribution in [2.75, 3.05) is 30.5 Å². The summed E-state index contributed by atoms with van der Waals surface area (Å²) in [6.45, 7) is -0.818. The highest BCUT2D eigenvalue weighted by atomic mass is 32.2. The fourth-order valence-electron chi connectivity index (χ4n) is 4.89. The van der Waals surface area contributed by atoms with Crippen LogP contribution in [0, 0.1) is 0 Å². The number of fused-ring (bicyclic) bond motifs is 3. The number of alkyl halides is 6. The Morgan fingerprint density at radius 3 is 2.63 bits per heavy atom. The second-order valence-electron chi connectivity index (χ2n) is 9.92. The molecule has 41 heavy (non-hydrogen) atoms. The lowest BCUT2D eigenvalue weighted by Gasteiger charge is -2.41. The first-order valence-corrected chi connectivity index (χ1v) is 14.4. The van der Waals surface area contributed by atoms with Crippen LogP contribution in [0.2, 0.25) is 0 Å².